The van der Waals surface area contributed by atoms with Crippen LogP contribution in [0.2, 0.25) is 0 Å². The van der Waals surface area contributed by atoms with E-state index in [4.69, 9.17) is 10.5 Å². The van der Waals surface area contributed by atoms with Gasteiger partial charge in [0.1, 0.15) is 5.75 Å². The number of fused-ring (bicyclic) bond motifs is 1. The minimum atomic E-state index is -0.0408. The van der Waals surface area contributed by atoms with E-state index in [-0.39, 0.29) is 11.9 Å². The van der Waals surface area contributed by atoms with Gasteiger partial charge in [-0.2, -0.15) is 0 Å². The number of nitrogens with two attached hydrogens (primary N) is 1. The van der Waals surface area contributed by atoms with Crippen molar-refractivity contribution in [2.75, 3.05) is 18.6 Å². The number of hydrogen-bond donors (Lipinski definition) is 1. The Morgan fingerprint density at radius 1 is 1.27 bits per heavy atom. The number of nitrogens with zero attached hydrogens (tertiary/aromatic N) is 1. The summed E-state index contributed by atoms with van der Waals surface area (Å²) in [4.78, 5) is 14.7. The molecule has 1 unspecified atom stereocenters. The molecule has 0 saturated carbocycles. The average molecular weight is 296 g/mol. The lowest BCUT2D eigenvalue weighted by Crippen LogP contribution is -2.46. The monoisotopic (exact) mass is 296 g/mol. The molecule has 4 nitrogen and oxygen atoms in total. The normalized spacial score (nSPS) is 17.0. The Balaban J connectivity index is 1.99. The van der Waals surface area contributed by atoms with Gasteiger partial charge in [-0.3, -0.25) is 4.79 Å². The molecule has 2 aromatic carbocycles. The van der Waals surface area contributed by atoms with Crippen molar-refractivity contribution in [2.24, 2.45) is 5.73 Å². The summed E-state index contributed by atoms with van der Waals surface area (Å²) in [7, 11) is 1.61. The molecular weight excluding hydrogens is 276 g/mol. The largest absolute Gasteiger partial charge is 0.496 e. The van der Waals surface area contributed by atoms with Crippen LogP contribution in [0.15, 0.2) is 42.5 Å². The number of benzene rings is 2. The maximum absolute atomic E-state index is 12.9. The Labute approximate surface area is 130 Å². The van der Waals surface area contributed by atoms with E-state index in [0.29, 0.717) is 12.1 Å². The van der Waals surface area contributed by atoms with Gasteiger partial charge in [-0.05, 0) is 42.7 Å². The Kier molecular flexibility index (Phi) is 3.86. The number of anilines is 1. The fraction of sp³-hybridized carbons (Fsp3) is 0.278. The molecule has 3 rings (SSSR count). The van der Waals surface area contributed by atoms with E-state index in [2.05, 4.69) is 0 Å². The predicted octanol–water partition coefficient (Wildman–Crippen LogP) is 2.53. The molecular formula is C18H20N2O2. The summed E-state index contributed by atoms with van der Waals surface area (Å²) in [6.07, 6.45) is 0.803. The van der Waals surface area contributed by atoms with Crippen LogP contribution in [0.4, 0.5) is 5.69 Å². The molecule has 2 aromatic rings. The third-order valence-electron chi connectivity index (χ3n) is 4.08. The number of para-hydroxylation sites is 1. The van der Waals surface area contributed by atoms with Gasteiger partial charge in [0.2, 0.25) is 0 Å². The van der Waals surface area contributed by atoms with Crippen LogP contribution in [0.25, 0.3) is 0 Å². The van der Waals surface area contributed by atoms with Crippen molar-refractivity contribution < 1.29 is 9.53 Å². The van der Waals surface area contributed by atoms with Gasteiger partial charge in [-0.1, -0.05) is 24.3 Å². The molecule has 2 N–H and O–H groups in total. The molecule has 0 aliphatic carbocycles. The number of rotatable bonds is 2. The lowest BCUT2D eigenvalue weighted by molar-refractivity contribution is 0.0983. The van der Waals surface area contributed by atoms with Crippen molar-refractivity contribution in [1.82, 2.24) is 0 Å². The molecule has 114 valence electrons. The number of carbonyl (C=O) groups excluding carboxylic acids is 1. The van der Waals surface area contributed by atoms with Crippen LogP contribution in [0.1, 0.15) is 21.5 Å². The van der Waals surface area contributed by atoms with Crippen molar-refractivity contribution >= 4 is 11.6 Å². The van der Waals surface area contributed by atoms with E-state index in [9.17, 15) is 4.79 Å². The summed E-state index contributed by atoms with van der Waals surface area (Å²) in [5, 5.41) is 0. The van der Waals surface area contributed by atoms with Crippen LogP contribution in [0, 0.1) is 6.92 Å². The number of ether oxygens (including phenoxy) is 1. The van der Waals surface area contributed by atoms with E-state index in [0.717, 1.165) is 29.0 Å². The van der Waals surface area contributed by atoms with E-state index in [1.807, 2.05) is 43.3 Å². The summed E-state index contributed by atoms with van der Waals surface area (Å²) in [5.74, 6) is 0.682. The van der Waals surface area contributed by atoms with Crippen LogP contribution in [0.3, 0.4) is 0 Å². The summed E-state index contributed by atoms with van der Waals surface area (Å²) in [5.41, 5.74) is 9.82. The quantitative estimate of drug-likeness (QED) is 0.926. The topological polar surface area (TPSA) is 55.6 Å². The zero-order chi connectivity index (χ0) is 15.7. The molecule has 1 heterocycles. The molecule has 4 heteroatoms. The minimum Gasteiger partial charge on any atom is -0.496 e. The number of hydrogen-bond acceptors (Lipinski definition) is 3. The molecule has 0 saturated heterocycles. The first-order valence-corrected chi connectivity index (χ1v) is 7.40. The molecule has 0 bridgehead atoms. The van der Waals surface area contributed by atoms with Gasteiger partial charge in [0.25, 0.3) is 5.91 Å². The number of amides is 1. The molecule has 1 aliphatic rings. The van der Waals surface area contributed by atoms with Gasteiger partial charge >= 0.3 is 0 Å². The molecule has 22 heavy (non-hydrogen) atoms. The Morgan fingerprint density at radius 2 is 2.05 bits per heavy atom. The maximum atomic E-state index is 12.9. The SMILES string of the molecule is COc1cc(C(=O)N2CC(N)Cc3ccccc32)ccc1C. The smallest absolute Gasteiger partial charge is 0.258 e. The van der Waals surface area contributed by atoms with E-state index < -0.39 is 0 Å². The fourth-order valence-corrected chi connectivity index (χ4v) is 2.93. The summed E-state index contributed by atoms with van der Waals surface area (Å²) >= 11 is 0. The first-order valence-electron chi connectivity index (χ1n) is 7.40. The van der Waals surface area contributed by atoms with E-state index in [1.165, 1.54) is 0 Å². The number of carbonyl (C=O) groups is 1. The van der Waals surface area contributed by atoms with Crippen LogP contribution < -0.4 is 15.4 Å². The molecule has 1 amide bonds. The van der Waals surface area contributed by atoms with Crippen molar-refractivity contribution in [3.63, 3.8) is 0 Å². The zero-order valence-corrected chi connectivity index (χ0v) is 12.9. The standard InChI is InChI=1S/C18H20N2O2/c1-12-7-8-14(10-17(12)22-2)18(21)20-11-15(19)9-13-5-3-4-6-16(13)20/h3-8,10,15H,9,11,19H2,1-2H3. The Hall–Kier alpha value is -2.33. The third-order valence-corrected chi connectivity index (χ3v) is 4.08. The summed E-state index contributed by atoms with van der Waals surface area (Å²) in [6.45, 7) is 2.49. The van der Waals surface area contributed by atoms with Crippen LogP contribution >= 0.6 is 0 Å². The van der Waals surface area contributed by atoms with Crippen molar-refractivity contribution in [1.29, 1.82) is 0 Å². The maximum Gasteiger partial charge on any atom is 0.258 e. The highest BCUT2D eigenvalue weighted by Gasteiger charge is 2.27. The molecule has 0 aromatic heterocycles. The summed E-state index contributed by atoms with van der Waals surface area (Å²) in [6, 6.07) is 13.4. The second kappa shape index (κ2) is 5.81. The second-order valence-corrected chi connectivity index (χ2v) is 5.69. The van der Waals surface area contributed by atoms with Gasteiger partial charge in [0.05, 0.1) is 7.11 Å². The lowest BCUT2D eigenvalue weighted by atomic mass is 9.97. The second-order valence-electron chi connectivity index (χ2n) is 5.69. The van der Waals surface area contributed by atoms with Crippen LogP contribution in [-0.4, -0.2) is 25.6 Å². The summed E-state index contributed by atoms with van der Waals surface area (Å²) < 4.78 is 5.32. The minimum absolute atomic E-state index is 0.0359. The molecule has 0 radical (unpaired) electrons. The highest BCUT2D eigenvalue weighted by atomic mass is 16.5. The molecule has 1 atom stereocenters. The first kappa shape index (κ1) is 14.6. The van der Waals surface area contributed by atoms with E-state index in [1.54, 1.807) is 18.1 Å². The highest BCUT2D eigenvalue weighted by molar-refractivity contribution is 6.07. The van der Waals surface area contributed by atoms with Crippen molar-refractivity contribution in [2.45, 2.75) is 19.4 Å². The molecule has 1 aliphatic heterocycles. The van der Waals surface area contributed by atoms with E-state index >= 15 is 0 Å². The third kappa shape index (κ3) is 2.57. The fourth-order valence-electron chi connectivity index (χ4n) is 2.93. The molecule has 0 fully saturated rings. The average Bonchev–Trinajstić information content (AvgIpc) is 2.53. The highest BCUT2D eigenvalue weighted by Crippen LogP contribution is 2.29. The number of methoxy groups -OCH3 is 1. The number of aryl methyl sites for hydroxylation is 1. The van der Waals surface area contributed by atoms with Gasteiger partial charge in [0.15, 0.2) is 0 Å². The Bertz CT molecular complexity index is 712. The van der Waals surface area contributed by atoms with Gasteiger partial charge in [-0.15, -0.1) is 0 Å². The van der Waals surface area contributed by atoms with Crippen molar-refractivity contribution in [3.8, 4) is 5.75 Å². The van der Waals surface area contributed by atoms with Gasteiger partial charge in [0, 0.05) is 23.8 Å². The van der Waals surface area contributed by atoms with Crippen LogP contribution in [-0.2, 0) is 6.42 Å². The predicted molar refractivity (Wildman–Crippen MR) is 87.5 cm³/mol. The zero-order valence-electron chi connectivity index (χ0n) is 12.9. The first-order chi connectivity index (χ1) is 10.6. The van der Waals surface area contributed by atoms with Crippen molar-refractivity contribution in [3.05, 3.63) is 59.2 Å². The lowest BCUT2D eigenvalue weighted by Gasteiger charge is -2.33. The van der Waals surface area contributed by atoms with Gasteiger partial charge < -0.3 is 15.4 Å². The van der Waals surface area contributed by atoms with Crippen LogP contribution in [0.5, 0.6) is 5.75 Å². The molecule has 0 spiro atoms. The van der Waals surface area contributed by atoms with Gasteiger partial charge in [-0.25, -0.2) is 0 Å². The Morgan fingerprint density at radius 3 is 2.82 bits per heavy atom.